The van der Waals surface area contributed by atoms with Gasteiger partial charge < -0.3 is 4.74 Å². The van der Waals surface area contributed by atoms with Crippen LogP contribution in [-0.2, 0) is 4.74 Å². The van der Waals surface area contributed by atoms with Crippen molar-refractivity contribution in [2.45, 2.75) is 46.0 Å². The molecule has 1 saturated heterocycles. The quantitative estimate of drug-likeness (QED) is 0.679. The lowest BCUT2D eigenvalue weighted by Crippen LogP contribution is -2.21. The third kappa shape index (κ3) is 4.96. The number of halogens is 1. The molecule has 1 aliphatic heterocycles. The van der Waals surface area contributed by atoms with E-state index in [4.69, 9.17) is 4.74 Å². The SMILES string of the molecule is CCC[C](CC=C(C)c1ccc(F)cc1)C1CCOCC1. The van der Waals surface area contributed by atoms with Crippen molar-refractivity contribution in [1.29, 1.82) is 0 Å². The smallest absolute Gasteiger partial charge is 0.123 e. The summed E-state index contributed by atoms with van der Waals surface area (Å²) in [6.07, 6.45) is 8.08. The summed E-state index contributed by atoms with van der Waals surface area (Å²) in [5.74, 6) is 2.20. The molecule has 115 valence electrons. The van der Waals surface area contributed by atoms with Crippen molar-refractivity contribution in [2.75, 3.05) is 13.2 Å². The number of ether oxygens (including phenoxy) is 1. The third-order valence-electron chi connectivity index (χ3n) is 4.34. The summed E-state index contributed by atoms with van der Waals surface area (Å²) in [7, 11) is 0. The molecule has 2 rings (SSSR count). The third-order valence-corrected chi connectivity index (χ3v) is 4.34. The Balaban J connectivity index is 1.98. The van der Waals surface area contributed by atoms with E-state index in [1.54, 1.807) is 5.92 Å². The first-order chi connectivity index (χ1) is 10.2. The molecule has 0 aliphatic carbocycles. The molecule has 0 aromatic heterocycles. The molecule has 1 fully saturated rings. The number of benzene rings is 1. The van der Waals surface area contributed by atoms with Crippen LogP contribution >= 0.6 is 0 Å². The molecule has 1 heterocycles. The Hall–Kier alpha value is -1.15. The van der Waals surface area contributed by atoms with Crippen LogP contribution in [0.25, 0.3) is 5.57 Å². The summed E-state index contributed by atoms with van der Waals surface area (Å²) >= 11 is 0. The maximum Gasteiger partial charge on any atom is 0.123 e. The molecule has 2 heteroatoms. The summed E-state index contributed by atoms with van der Waals surface area (Å²) in [6.45, 7) is 6.16. The molecule has 1 aromatic rings. The van der Waals surface area contributed by atoms with Crippen molar-refractivity contribution in [3.05, 3.63) is 47.6 Å². The maximum atomic E-state index is 13.0. The van der Waals surface area contributed by atoms with Gasteiger partial charge in [-0.2, -0.15) is 0 Å². The van der Waals surface area contributed by atoms with Crippen LogP contribution in [0.1, 0.15) is 51.5 Å². The standard InChI is InChI=1S/C19H26FO/c1-3-4-17(18-11-13-21-14-12-18)6-5-15(2)16-7-9-19(20)10-8-16/h5,7-10,18H,3-4,6,11-14H2,1-2H3. The molecule has 1 aromatic carbocycles. The summed E-state index contributed by atoms with van der Waals surface area (Å²) < 4.78 is 18.4. The average Bonchev–Trinajstić information content (AvgIpc) is 2.52. The van der Waals surface area contributed by atoms with Gasteiger partial charge in [-0.1, -0.05) is 31.6 Å². The Morgan fingerprint density at radius 3 is 2.52 bits per heavy atom. The molecule has 0 saturated carbocycles. The zero-order valence-corrected chi connectivity index (χ0v) is 13.2. The van der Waals surface area contributed by atoms with Gasteiger partial charge in [-0.3, -0.25) is 0 Å². The van der Waals surface area contributed by atoms with Crippen LogP contribution in [-0.4, -0.2) is 13.2 Å². The highest BCUT2D eigenvalue weighted by Gasteiger charge is 2.23. The van der Waals surface area contributed by atoms with Crippen LogP contribution in [0.15, 0.2) is 30.3 Å². The van der Waals surface area contributed by atoms with Crippen molar-refractivity contribution in [3.63, 3.8) is 0 Å². The van der Waals surface area contributed by atoms with Gasteiger partial charge >= 0.3 is 0 Å². The first-order valence-corrected chi connectivity index (χ1v) is 8.05. The lowest BCUT2D eigenvalue weighted by molar-refractivity contribution is 0.0682. The van der Waals surface area contributed by atoms with Gasteiger partial charge in [0.15, 0.2) is 0 Å². The Morgan fingerprint density at radius 2 is 1.90 bits per heavy atom. The van der Waals surface area contributed by atoms with E-state index in [-0.39, 0.29) is 5.82 Å². The molecular weight excluding hydrogens is 263 g/mol. The molecule has 0 spiro atoms. The van der Waals surface area contributed by atoms with Gasteiger partial charge in [-0.05, 0) is 67.7 Å². The van der Waals surface area contributed by atoms with Crippen molar-refractivity contribution in [2.24, 2.45) is 5.92 Å². The van der Waals surface area contributed by atoms with Crippen LogP contribution in [0.4, 0.5) is 4.39 Å². The second kappa shape index (κ2) is 8.33. The van der Waals surface area contributed by atoms with Gasteiger partial charge in [0, 0.05) is 13.2 Å². The molecule has 0 bridgehead atoms. The fourth-order valence-electron chi connectivity index (χ4n) is 3.01. The number of hydrogen-bond donors (Lipinski definition) is 0. The van der Waals surface area contributed by atoms with Crippen LogP contribution in [0.5, 0.6) is 0 Å². The lowest BCUT2D eigenvalue weighted by atomic mass is 9.80. The largest absolute Gasteiger partial charge is 0.381 e. The summed E-state index contributed by atoms with van der Waals surface area (Å²) in [4.78, 5) is 0. The fourth-order valence-corrected chi connectivity index (χ4v) is 3.01. The van der Waals surface area contributed by atoms with E-state index in [9.17, 15) is 4.39 Å². The summed E-state index contributed by atoms with van der Waals surface area (Å²) in [5.41, 5.74) is 2.34. The Morgan fingerprint density at radius 1 is 1.24 bits per heavy atom. The minimum Gasteiger partial charge on any atom is -0.381 e. The maximum absolute atomic E-state index is 13.0. The summed E-state index contributed by atoms with van der Waals surface area (Å²) in [5, 5.41) is 0. The minimum atomic E-state index is -0.174. The number of hydrogen-bond acceptors (Lipinski definition) is 1. The van der Waals surface area contributed by atoms with E-state index >= 15 is 0 Å². The van der Waals surface area contributed by atoms with Crippen molar-refractivity contribution >= 4 is 5.57 Å². The van der Waals surface area contributed by atoms with Crippen molar-refractivity contribution in [1.82, 2.24) is 0 Å². The highest BCUT2D eigenvalue weighted by atomic mass is 19.1. The van der Waals surface area contributed by atoms with E-state index in [0.717, 1.165) is 31.1 Å². The molecule has 0 atom stereocenters. The topological polar surface area (TPSA) is 9.23 Å². The predicted molar refractivity (Wildman–Crippen MR) is 86.4 cm³/mol. The Bertz CT molecular complexity index is 443. The number of allylic oxidation sites excluding steroid dienone is 2. The second-order valence-corrected chi connectivity index (χ2v) is 5.89. The minimum absolute atomic E-state index is 0.174. The van der Waals surface area contributed by atoms with Gasteiger partial charge in [-0.25, -0.2) is 4.39 Å². The van der Waals surface area contributed by atoms with Gasteiger partial charge in [0.1, 0.15) is 5.82 Å². The molecule has 21 heavy (non-hydrogen) atoms. The van der Waals surface area contributed by atoms with Crippen LogP contribution in [0.2, 0.25) is 0 Å². The highest BCUT2D eigenvalue weighted by Crippen LogP contribution is 2.33. The van der Waals surface area contributed by atoms with Gasteiger partial charge in [-0.15, -0.1) is 0 Å². The van der Waals surface area contributed by atoms with Crippen LogP contribution in [0, 0.1) is 17.7 Å². The van der Waals surface area contributed by atoms with Crippen molar-refractivity contribution in [3.8, 4) is 0 Å². The van der Waals surface area contributed by atoms with E-state index in [0.29, 0.717) is 0 Å². The van der Waals surface area contributed by atoms with E-state index in [2.05, 4.69) is 19.9 Å². The van der Waals surface area contributed by atoms with Crippen LogP contribution in [0.3, 0.4) is 0 Å². The summed E-state index contributed by atoms with van der Waals surface area (Å²) in [6, 6.07) is 6.77. The monoisotopic (exact) mass is 289 g/mol. The zero-order chi connectivity index (χ0) is 15.1. The Labute approximate surface area is 128 Å². The highest BCUT2D eigenvalue weighted by molar-refractivity contribution is 5.63. The lowest BCUT2D eigenvalue weighted by Gasteiger charge is -2.29. The first-order valence-electron chi connectivity index (χ1n) is 8.05. The second-order valence-electron chi connectivity index (χ2n) is 5.89. The average molecular weight is 289 g/mol. The first kappa shape index (κ1) is 16.2. The van der Waals surface area contributed by atoms with Gasteiger partial charge in [0.2, 0.25) is 0 Å². The molecule has 1 nitrogen and oxygen atoms in total. The van der Waals surface area contributed by atoms with E-state index < -0.39 is 0 Å². The molecule has 1 radical (unpaired) electrons. The molecule has 0 amide bonds. The molecular formula is C19H26FO. The number of rotatable bonds is 6. The molecule has 0 unspecified atom stereocenters. The zero-order valence-electron chi connectivity index (χ0n) is 13.2. The van der Waals surface area contributed by atoms with E-state index in [1.165, 1.54) is 43.4 Å². The molecule has 1 aliphatic rings. The predicted octanol–water partition coefficient (Wildman–Crippen LogP) is 5.42. The Kier molecular flexibility index (Phi) is 6.44. The van der Waals surface area contributed by atoms with Crippen LogP contribution < -0.4 is 0 Å². The van der Waals surface area contributed by atoms with Crippen molar-refractivity contribution < 1.29 is 9.13 Å². The fraction of sp³-hybridized carbons (Fsp3) is 0.526. The molecule has 0 N–H and O–H groups in total. The van der Waals surface area contributed by atoms with Gasteiger partial charge in [0.25, 0.3) is 0 Å². The normalized spacial score (nSPS) is 17.4. The van der Waals surface area contributed by atoms with E-state index in [1.807, 2.05) is 12.1 Å². The van der Waals surface area contributed by atoms with Gasteiger partial charge in [0.05, 0.1) is 0 Å².